The number of rotatable bonds is 3. The van der Waals surface area contributed by atoms with E-state index in [0.29, 0.717) is 0 Å². The van der Waals surface area contributed by atoms with Gasteiger partial charge >= 0.3 is 0 Å². The summed E-state index contributed by atoms with van der Waals surface area (Å²) in [4.78, 5) is 2.24. The van der Waals surface area contributed by atoms with E-state index in [4.69, 9.17) is 0 Å². The lowest BCUT2D eigenvalue weighted by Crippen LogP contribution is -2.41. The van der Waals surface area contributed by atoms with Crippen molar-refractivity contribution in [3.05, 3.63) is 34.9 Å². The van der Waals surface area contributed by atoms with Gasteiger partial charge in [-0.05, 0) is 62.9 Å². The maximum absolute atomic E-state index is 9.63. The van der Waals surface area contributed by atoms with Gasteiger partial charge in [0.1, 0.15) is 0 Å². The van der Waals surface area contributed by atoms with Crippen LogP contribution in [0, 0.1) is 16.7 Å². The zero-order valence-corrected chi connectivity index (χ0v) is 11.9. The zero-order chi connectivity index (χ0) is 13.5. The van der Waals surface area contributed by atoms with Crippen LogP contribution in [-0.2, 0) is 12.8 Å². The minimum absolute atomic E-state index is 0.156. The van der Waals surface area contributed by atoms with Crippen molar-refractivity contribution in [1.29, 1.82) is 5.26 Å². The molecule has 0 N–H and O–H groups in total. The van der Waals surface area contributed by atoms with Crippen molar-refractivity contribution in [2.75, 3.05) is 14.1 Å². The number of benzene rings is 1. The first-order valence-corrected chi connectivity index (χ1v) is 7.36. The molecule has 0 saturated heterocycles. The fourth-order valence-corrected chi connectivity index (χ4v) is 3.88. The van der Waals surface area contributed by atoms with E-state index in [2.05, 4.69) is 43.3 Å². The van der Waals surface area contributed by atoms with Gasteiger partial charge in [-0.3, -0.25) is 0 Å². The van der Waals surface area contributed by atoms with E-state index >= 15 is 0 Å². The topological polar surface area (TPSA) is 27.0 Å². The number of nitriles is 1. The molecule has 0 spiro atoms. The molecule has 1 fully saturated rings. The van der Waals surface area contributed by atoms with E-state index in [1.165, 1.54) is 42.4 Å². The summed E-state index contributed by atoms with van der Waals surface area (Å²) in [5.74, 6) is 0. The van der Waals surface area contributed by atoms with E-state index in [1.54, 1.807) is 0 Å². The van der Waals surface area contributed by atoms with Crippen molar-refractivity contribution in [2.45, 2.75) is 44.6 Å². The lowest BCUT2D eigenvalue weighted by molar-refractivity contribution is 0.0748. The predicted molar refractivity (Wildman–Crippen MR) is 76.8 cm³/mol. The van der Waals surface area contributed by atoms with Gasteiger partial charge in [-0.1, -0.05) is 24.6 Å². The molecular formula is C17H22N2. The molecule has 0 aliphatic heterocycles. The maximum Gasteiger partial charge on any atom is 0.0770 e. The highest BCUT2D eigenvalue weighted by Gasteiger charge is 2.46. The standard InChI is InChI=1S/C17H22N2/c1-19(2)16(17(12-18)9-4-10-17)15-8-7-13-5-3-6-14(13)11-15/h7-8,11,16H,3-6,9-10H2,1-2H3. The first kappa shape index (κ1) is 12.7. The maximum atomic E-state index is 9.63. The molecule has 1 unspecified atom stereocenters. The molecule has 2 aliphatic carbocycles. The second-order valence-corrected chi connectivity index (χ2v) is 6.37. The Kier molecular flexibility index (Phi) is 3.11. The largest absolute Gasteiger partial charge is 0.301 e. The Morgan fingerprint density at radius 1 is 1.16 bits per heavy atom. The Labute approximate surface area is 116 Å². The van der Waals surface area contributed by atoms with Gasteiger partial charge in [-0.15, -0.1) is 0 Å². The van der Waals surface area contributed by atoms with Crippen LogP contribution in [0.15, 0.2) is 18.2 Å². The quantitative estimate of drug-likeness (QED) is 0.826. The van der Waals surface area contributed by atoms with Crippen molar-refractivity contribution in [3.63, 3.8) is 0 Å². The van der Waals surface area contributed by atoms with Gasteiger partial charge in [0.05, 0.1) is 17.5 Å². The van der Waals surface area contributed by atoms with Crippen molar-refractivity contribution in [3.8, 4) is 6.07 Å². The van der Waals surface area contributed by atoms with Crippen LogP contribution in [0.5, 0.6) is 0 Å². The molecule has 0 aromatic heterocycles. The van der Waals surface area contributed by atoms with Crippen LogP contribution >= 0.6 is 0 Å². The molecule has 100 valence electrons. The van der Waals surface area contributed by atoms with Crippen LogP contribution < -0.4 is 0 Å². The number of nitrogens with zero attached hydrogens (tertiary/aromatic N) is 2. The molecule has 0 radical (unpaired) electrons. The van der Waals surface area contributed by atoms with E-state index in [-0.39, 0.29) is 11.5 Å². The molecule has 0 heterocycles. The Hall–Kier alpha value is -1.33. The summed E-state index contributed by atoms with van der Waals surface area (Å²) >= 11 is 0. The van der Waals surface area contributed by atoms with E-state index in [9.17, 15) is 5.26 Å². The molecule has 2 nitrogen and oxygen atoms in total. The van der Waals surface area contributed by atoms with Gasteiger partial charge in [-0.2, -0.15) is 5.26 Å². The van der Waals surface area contributed by atoms with Crippen LogP contribution in [0.2, 0.25) is 0 Å². The van der Waals surface area contributed by atoms with Crippen LogP contribution in [0.4, 0.5) is 0 Å². The molecule has 1 saturated carbocycles. The minimum Gasteiger partial charge on any atom is -0.301 e. The third kappa shape index (κ3) is 1.97. The molecule has 1 aromatic carbocycles. The summed E-state index contributed by atoms with van der Waals surface area (Å²) in [7, 11) is 4.21. The lowest BCUT2D eigenvalue weighted by atomic mass is 9.63. The first-order chi connectivity index (χ1) is 9.16. The van der Waals surface area contributed by atoms with Crippen LogP contribution in [0.3, 0.4) is 0 Å². The normalized spacial score (nSPS) is 21.6. The molecular weight excluding hydrogens is 232 g/mol. The Balaban J connectivity index is 1.99. The van der Waals surface area contributed by atoms with Crippen molar-refractivity contribution < 1.29 is 0 Å². The number of hydrogen-bond acceptors (Lipinski definition) is 2. The smallest absolute Gasteiger partial charge is 0.0770 e. The second-order valence-electron chi connectivity index (χ2n) is 6.37. The van der Waals surface area contributed by atoms with Gasteiger partial charge in [0.25, 0.3) is 0 Å². The van der Waals surface area contributed by atoms with Crippen LogP contribution in [0.25, 0.3) is 0 Å². The highest BCUT2D eigenvalue weighted by molar-refractivity contribution is 5.38. The predicted octanol–water partition coefficient (Wildman–Crippen LogP) is 3.47. The Morgan fingerprint density at radius 2 is 1.89 bits per heavy atom. The summed E-state index contributed by atoms with van der Waals surface area (Å²) in [6.45, 7) is 0. The summed E-state index contributed by atoms with van der Waals surface area (Å²) in [5, 5.41) is 9.63. The minimum atomic E-state index is -0.156. The van der Waals surface area contributed by atoms with Gasteiger partial charge in [0, 0.05) is 0 Å². The summed E-state index contributed by atoms with van der Waals surface area (Å²) in [5.41, 5.74) is 4.21. The molecule has 0 bridgehead atoms. The van der Waals surface area contributed by atoms with Crippen molar-refractivity contribution in [2.24, 2.45) is 5.41 Å². The van der Waals surface area contributed by atoms with E-state index in [1.807, 2.05) is 0 Å². The summed E-state index contributed by atoms with van der Waals surface area (Å²) < 4.78 is 0. The fraction of sp³-hybridized carbons (Fsp3) is 0.588. The molecule has 0 amide bonds. The number of aryl methyl sites for hydroxylation is 2. The number of fused-ring (bicyclic) bond motifs is 1. The molecule has 1 aromatic rings. The average molecular weight is 254 g/mol. The highest BCUT2D eigenvalue weighted by Crippen LogP contribution is 2.52. The van der Waals surface area contributed by atoms with Crippen molar-refractivity contribution in [1.82, 2.24) is 4.90 Å². The molecule has 19 heavy (non-hydrogen) atoms. The molecule has 3 rings (SSSR count). The van der Waals surface area contributed by atoms with Crippen LogP contribution in [-0.4, -0.2) is 19.0 Å². The van der Waals surface area contributed by atoms with Gasteiger partial charge in [-0.25, -0.2) is 0 Å². The second kappa shape index (κ2) is 4.65. The van der Waals surface area contributed by atoms with Gasteiger partial charge in [0.15, 0.2) is 0 Å². The monoisotopic (exact) mass is 254 g/mol. The Bertz CT molecular complexity index is 521. The molecule has 2 heteroatoms. The molecule has 1 atom stereocenters. The SMILES string of the molecule is CN(C)C(c1ccc2c(c1)CCC2)C1(C#N)CCC1. The fourth-order valence-electron chi connectivity index (χ4n) is 3.88. The lowest BCUT2D eigenvalue weighted by Gasteiger charge is -2.45. The third-order valence-electron chi connectivity index (χ3n) is 4.95. The summed E-state index contributed by atoms with van der Waals surface area (Å²) in [6.07, 6.45) is 7.01. The van der Waals surface area contributed by atoms with Crippen molar-refractivity contribution >= 4 is 0 Å². The average Bonchev–Trinajstić information content (AvgIpc) is 2.80. The number of hydrogen-bond donors (Lipinski definition) is 0. The van der Waals surface area contributed by atoms with E-state index in [0.717, 1.165) is 12.8 Å². The van der Waals surface area contributed by atoms with E-state index < -0.39 is 0 Å². The zero-order valence-electron chi connectivity index (χ0n) is 11.9. The Morgan fingerprint density at radius 3 is 2.47 bits per heavy atom. The molecule has 2 aliphatic rings. The summed E-state index contributed by atoms with van der Waals surface area (Å²) in [6, 6.07) is 9.78. The highest BCUT2D eigenvalue weighted by atomic mass is 15.1. The van der Waals surface area contributed by atoms with Gasteiger partial charge in [0.2, 0.25) is 0 Å². The third-order valence-corrected chi connectivity index (χ3v) is 4.95. The van der Waals surface area contributed by atoms with Gasteiger partial charge < -0.3 is 4.90 Å². The van der Waals surface area contributed by atoms with Crippen LogP contribution in [0.1, 0.15) is 48.4 Å². The first-order valence-electron chi connectivity index (χ1n) is 7.36.